The average Bonchev–Trinajstić information content (AvgIpc) is 2.18. The topological polar surface area (TPSA) is 69.1 Å². The van der Waals surface area contributed by atoms with E-state index in [2.05, 4.69) is 15.9 Å². The normalized spacial score (nSPS) is 12.5. The second-order valence-corrected chi connectivity index (χ2v) is 3.89. The van der Waals surface area contributed by atoms with Gasteiger partial charge in [-0.05, 0) is 28.1 Å². The predicted octanol–water partition coefficient (Wildman–Crippen LogP) is 1.08. The summed E-state index contributed by atoms with van der Waals surface area (Å²) in [5.74, 6) is -2.30. The van der Waals surface area contributed by atoms with Crippen molar-refractivity contribution < 1.29 is 13.6 Å². The molecule has 15 heavy (non-hydrogen) atoms. The number of halogens is 3. The molecule has 4 N–H and O–H groups in total. The van der Waals surface area contributed by atoms with Gasteiger partial charge in [0.2, 0.25) is 5.91 Å². The van der Waals surface area contributed by atoms with E-state index in [0.717, 1.165) is 6.07 Å². The van der Waals surface area contributed by atoms with Gasteiger partial charge in [-0.3, -0.25) is 4.79 Å². The Morgan fingerprint density at radius 3 is 2.60 bits per heavy atom. The van der Waals surface area contributed by atoms with Crippen LogP contribution in [0, 0.1) is 11.6 Å². The highest BCUT2D eigenvalue weighted by atomic mass is 79.9. The highest BCUT2D eigenvalue weighted by molar-refractivity contribution is 9.10. The standard InChI is InChI=1S/C9H9BrF2N2O/c10-5-1-2-6(11)4(8(5)12)3-7(13)9(14)15/h1-2,7H,3,13H2,(H2,14,15). The number of nitrogens with two attached hydrogens (primary N) is 2. The molecular formula is C9H9BrF2N2O. The Hall–Kier alpha value is -1.01. The van der Waals surface area contributed by atoms with E-state index in [4.69, 9.17) is 11.5 Å². The smallest absolute Gasteiger partial charge is 0.234 e. The highest BCUT2D eigenvalue weighted by Gasteiger charge is 2.18. The Morgan fingerprint density at radius 1 is 1.47 bits per heavy atom. The number of carbonyl (C=O) groups is 1. The molecule has 1 rings (SSSR count). The van der Waals surface area contributed by atoms with E-state index >= 15 is 0 Å². The fourth-order valence-electron chi connectivity index (χ4n) is 1.08. The largest absolute Gasteiger partial charge is 0.368 e. The monoisotopic (exact) mass is 278 g/mol. The van der Waals surface area contributed by atoms with Crippen LogP contribution >= 0.6 is 15.9 Å². The predicted molar refractivity (Wildman–Crippen MR) is 54.9 cm³/mol. The van der Waals surface area contributed by atoms with E-state index in [0.29, 0.717) is 0 Å². The number of benzene rings is 1. The van der Waals surface area contributed by atoms with Crippen molar-refractivity contribution in [2.45, 2.75) is 12.5 Å². The van der Waals surface area contributed by atoms with Crippen molar-refractivity contribution in [2.24, 2.45) is 11.5 Å². The zero-order valence-electron chi connectivity index (χ0n) is 7.64. The SMILES string of the molecule is NC(=O)C(N)Cc1c(F)ccc(Br)c1F. The molecule has 0 bridgehead atoms. The third-order valence-electron chi connectivity index (χ3n) is 1.93. The molecule has 0 aliphatic heterocycles. The van der Waals surface area contributed by atoms with Crippen LogP contribution in [0.4, 0.5) is 8.78 Å². The van der Waals surface area contributed by atoms with Crippen LogP contribution in [0.5, 0.6) is 0 Å². The molecule has 1 amide bonds. The van der Waals surface area contributed by atoms with Gasteiger partial charge >= 0.3 is 0 Å². The van der Waals surface area contributed by atoms with Crippen LogP contribution in [0.25, 0.3) is 0 Å². The summed E-state index contributed by atoms with van der Waals surface area (Å²) < 4.78 is 26.7. The lowest BCUT2D eigenvalue weighted by Gasteiger charge is -2.10. The summed E-state index contributed by atoms with van der Waals surface area (Å²) in [6.45, 7) is 0. The van der Waals surface area contributed by atoms with E-state index in [-0.39, 0.29) is 16.5 Å². The van der Waals surface area contributed by atoms with Crippen LogP contribution in [-0.4, -0.2) is 11.9 Å². The first-order chi connectivity index (χ1) is 6.93. The van der Waals surface area contributed by atoms with Gasteiger partial charge in [0.05, 0.1) is 10.5 Å². The first kappa shape index (κ1) is 12.1. The van der Waals surface area contributed by atoms with Crippen LogP contribution in [-0.2, 0) is 11.2 Å². The zero-order valence-corrected chi connectivity index (χ0v) is 9.22. The second kappa shape index (κ2) is 4.67. The summed E-state index contributed by atoms with van der Waals surface area (Å²) in [6, 6.07) is 1.24. The van der Waals surface area contributed by atoms with Crippen molar-refractivity contribution in [1.82, 2.24) is 0 Å². The van der Waals surface area contributed by atoms with E-state index in [1.165, 1.54) is 6.07 Å². The summed E-state index contributed by atoms with van der Waals surface area (Å²) in [6.07, 6.45) is -0.258. The first-order valence-corrected chi connectivity index (χ1v) is 4.90. The number of hydrogen-bond acceptors (Lipinski definition) is 2. The molecule has 0 aromatic heterocycles. The van der Waals surface area contributed by atoms with Crippen molar-refractivity contribution in [3.05, 3.63) is 33.8 Å². The van der Waals surface area contributed by atoms with Crippen LogP contribution in [0.2, 0.25) is 0 Å². The molecule has 0 heterocycles. The van der Waals surface area contributed by atoms with Crippen LogP contribution < -0.4 is 11.5 Å². The summed E-state index contributed by atoms with van der Waals surface area (Å²) in [5, 5.41) is 0. The quantitative estimate of drug-likeness (QED) is 0.813. The van der Waals surface area contributed by atoms with Crippen molar-refractivity contribution in [3.8, 4) is 0 Å². The van der Waals surface area contributed by atoms with Crippen molar-refractivity contribution in [1.29, 1.82) is 0 Å². The lowest BCUT2D eigenvalue weighted by atomic mass is 10.1. The second-order valence-electron chi connectivity index (χ2n) is 3.03. The van der Waals surface area contributed by atoms with Crippen molar-refractivity contribution >= 4 is 21.8 Å². The van der Waals surface area contributed by atoms with Gasteiger partial charge in [0, 0.05) is 12.0 Å². The van der Waals surface area contributed by atoms with Gasteiger partial charge in [-0.2, -0.15) is 0 Å². The number of amides is 1. The summed E-state index contributed by atoms with van der Waals surface area (Å²) in [5.41, 5.74) is 9.97. The minimum Gasteiger partial charge on any atom is -0.368 e. The average molecular weight is 279 g/mol. The Balaban J connectivity index is 3.03. The molecule has 0 fully saturated rings. The highest BCUT2D eigenvalue weighted by Crippen LogP contribution is 2.22. The van der Waals surface area contributed by atoms with Crippen LogP contribution in [0.1, 0.15) is 5.56 Å². The molecule has 1 unspecified atom stereocenters. The molecule has 3 nitrogen and oxygen atoms in total. The molecule has 1 aromatic rings. The first-order valence-electron chi connectivity index (χ1n) is 4.10. The van der Waals surface area contributed by atoms with Gasteiger partial charge in [0.15, 0.2) is 0 Å². The fourth-order valence-corrected chi connectivity index (χ4v) is 1.45. The number of rotatable bonds is 3. The van der Waals surface area contributed by atoms with Gasteiger partial charge in [-0.25, -0.2) is 8.78 Å². The third-order valence-corrected chi connectivity index (χ3v) is 2.54. The summed E-state index contributed by atoms with van der Waals surface area (Å²) in [4.78, 5) is 10.7. The van der Waals surface area contributed by atoms with E-state index < -0.39 is 23.6 Å². The van der Waals surface area contributed by atoms with Crippen LogP contribution in [0.3, 0.4) is 0 Å². The third kappa shape index (κ3) is 2.73. The van der Waals surface area contributed by atoms with Gasteiger partial charge in [0.1, 0.15) is 11.6 Å². The molecule has 82 valence electrons. The molecule has 1 aromatic carbocycles. The molecule has 0 saturated carbocycles. The van der Waals surface area contributed by atoms with Crippen LogP contribution in [0.15, 0.2) is 16.6 Å². The molecular weight excluding hydrogens is 270 g/mol. The molecule has 0 aliphatic carbocycles. The number of hydrogen-bond donors (Lipinski definition) is 2. The molecule has 0 saturated heterocycles. The minimum atomic E-state index is -1.09. The maximum Gasteiger partial charge on any atom is 0.234 e. The summed E-state index contributed by atoms with van der Waals surface area (Å²) in [7, 11) is 0. The maximum absolute atomic E-state index is 13.4. The molecule has 1 atom stereocenters. The van der Waals surface area contributed by atoms with Gasteiger partial charge < -0.3 is 11.5 Å². The van der Waals surface area contributed by atoms with Gasteiger partial charge in [-0.15, -0.1) is 0 Å². The Bertz CT molecular complexity index is 398. The summed E-state index contributed by atoms with van der Waals surface area (Å²) >= 11 is 2.91. The van der Waals surface area contributed by atoms with Gasteiger partial charge in [0.25, 0.3) is 0 Å². The lowest BCUT2D eigenvalue weighted by molar-refractivity contribution is -0.119. The Labute approximate surface area is 93.6 Å². The molecule has 0 radical (unpaired) electrons. The van der Waals surface area contributed by atoms with Crippen molar-refractivity contribution in [2.75, 3.05) is 0 Å². The number of carbonyl (C=O) groups excluding carboxylic acids is 1. The molecule has 0 spiro atoms. The lowest BCUT2D eigenvalue weighted by Crippen LogP contribution is -2.38. The maximum atomic E-state index is 13.4. The zero-order chi connectivity index (χ0) is 11.6. The van der Waals surface area contributed by atoms with E-state index in [9.17, 15) is 13.6 Å². The Kier molecular flexibility index (Phi) is 3.76. The van der Waals surface area contributed by atoms with Gasteiger partial charge in [-0.1, -0.05) is 0 Å². The minimum absolute atomic E-state index is 0.121. The van der Waals surface area contributed by atoms with E-state index in [1.807, 2.05) is 0 Å². The van der Waals surface area contributed by atoms with E-state index in [1.54, 1.807) is 0 Å². The number of primary amides is 1. The Morgan fingerprint density at radius 2 is 2.07 bits per heavy atom. The fraction of sp³-hybridized carbons (Fsp3) is 0.222. The molecule has 6 heteroatoms. The molecule has 0 aliphatic rings. The van der Waals surface area contributed by atoms with Crippen molar-refractivity contribution in [3.63, 3.8) is 0 Å².